The quantitative estimate of drug-likeness (QED) is 0.574. The van der Waals surface area contributed by atoms with Gasteiger partial charge in [0.25, 0.3) is 0 Å². The Labute approximate surface area is 62.1 Å². The van der Waals surface area contributed by atoms with E-state index in [9.17, 15) is 0 Å². The maximum Gasteiger partial charge on any atom is 0.0918 e. The van der Waals surface area contributed by atoms with E-state index in [1.165, 1.54) is 5.56 Å². The van der Waals surface area contributed by atoms with Crippen LogP contribution in [0.15, 0.2) is 12.3 Å². The van der Waals surface area contributed by atoms with Gasteiger partial charge >= 0.3 is 0 Å². The van der Waals surface area contributed by atoms with E-state index in [2.05, 4.69) is 31.1 Å². The zero-order valence-electron chi connectivity index (χ0n) is 6.68. The van der Waals surface area contributed by atoms with Gasteiger partial charge in [-0.1, -0.05) is 19.9 Å². The lowest BCUT2D eigenvalue weighted by molar-refractivity contribution is 0.855. The van der Waals surface area contributed by atoms with Crippen LogP contribution in [-0.4, -0.2) is 4.98 Å². The molecule has 53 valence electrons. The van der Waals surface area contributed by atoms with Crippen LogP contribution >= 0.6 is 0 Å². The first-order valence-electron chi connectivity index (χ1n) is 3.54. The molecule has 0 aliphatic heterocycles. The van der Waals surface area contributed by atoms with Crippen molar-refractivity contribution >= 4 is 0 Å². The first kappa shape index (κ1) is 7.26. The fourth-order valence-electron chi connectivity index (χ4n) is 0.844. The molecule has 0 saturated heterocycles. The van der Waals surface area contributed by atoms with Crippen LogP contribution in [0.5, 0.6) is 0 Å². The first-order valence-corrected chi connectivity index (χ1v) is 3.54. The second kappa shape index (κ2) is 2.82. The van der Waals surface area contributed by atoms with Gasteiger partial charge in [-0.15, -0.1) is 0 Å². The molecule has 1 aromatic heterocycles. The summed E-state index contributed by atoms with van der Waals surface area (Å²) in [5, 5.41) is 0. The summed E-state index contributed by atoms with van der Waals surface area (Å²) in [6.45, 7) is 6.34. The van der Waals surface area contributed by atoms with E-state index in [0.717, 1.165) is 5.56 Å². The summed E-state index contributed by atoms with van der Waals surface area (Å²) < 4.78 is 0. The van der Waals surface area contributed by atoms with Gasteiger partial charge in [0.1, 0.15) is 0 Å². The van der Waals surface area contributed by atoms with Crippen LogP contribution < -0.4 is 0 Å². The van der Waals surface area contributed by atoms with Crippen molar-refractivity contribution in [3.8, 4) is 0 Å². The Morgan fingerprint density at radius 1 is 1.50 bits per heavy atom. The van der Waals surface area contributed by atoms with Gasteiger partial charge in [-0.05, 0) is 24.0 Å². The molecular weight excluding hydrogens is 122 g/mol. The van der Waals surface area contributed by atoms with E-state index < -0.39 is 0 Å². The standard InChI is InChI=1S/C9H12N/c1-7(2)9-4-8(3)5-10-6-9/h4,6-7H,1-3H3. The highest BCUT2D eigenvalue weighted by atomic mass is 14.6. The van der Waals surface area contributed by atoms with E-state index in [1.54, 1.807) is 0 Å². The molecule has 1 heterocycles. The molecule has 0 spiro atoms. The van der Waals surface area contributed by atoms with Crippen molar-refractivity contribution in [2.75, 3.05) is 0 Å². The van der Waals surface area contributed by atoms with Crippen molar-refractivity contribution < 1.29 is 0 Å². The van der Waals surface area contributed by atoms with Gasteiger partial charge < -0.3 is 0 Å². The molecule has 0 fully saturated rings. The summed E-state index contributed by atoms with van der Waals surface area (Å²) in [7, 11) is 0. The summed E-state index contributed by atoms with van der Waals surface area (Å²) in [6, 6.07) is 2.12. The van der Waals surface area contributed by atoms with Crippen molar-refractivity contribution in [1.29, 1.82) is 0 Å². The molecule has 0 atom stereocenters. The van der Waals surface area contributed by atoms with E-state index >= 15 is 0 Å². The molecule has 0 bridgehead atoms. The largest absolute Gasteiger partial charge is 0.254 e. The molecule has 0 unspecified atom stereocenters. The second-order valence-electron chi connectivity index (χ2n) is 2.85. The van der Waals surface area contributed by atoms with Crippen LogP contribution in [0.2, 0.25) is 0 Å². The first-order chi connectivity index (χ1) is 4.70. The Bertz CT molecular complexity index is 216. The maximum atomic E-state index is 3.98. The highest BCUT2D eigenvalue weighted by Gasteiger charge is 1.97. The van der Waals surface area contributed by atoms with Gasteiger partial charge in [0.2, 0.25) is 0 Å². The predicted octanol–water partition coefficient (Wildman–Crippen LogP) is 2.31. The van der Waals surface area contributed by atoms with Gasteiger partial charge in [-0.3, -0.25) is 4.98 Å². The summed E-state index contributed by atoms with van der Waals surface area (Å²) in [5.41, 5.74) is 2.41. The Morgan fingerprint density at radius 2 is 2.20 bits per heavy atom. The highest BCUT2D eigenvalue weighted by molar-refractivity contribution is 5.18. The Kier molecular flexibility index (Phi) is 2.05. The van der Waals surface area contributed by atoms with Gasteiger partial charge in [0, 0.05) is 6.20 Å². The summed E-state index contributed by atoms with van der Waals surface area (Å²) in [5.74, 6) is 0.570. The zero-order chi connectivity index (χ0) is 7.56. The summed E-state index contributed by atoms with van der Waals surface area (Å²) in [4.78, 5) is 3.98. The molecule has 0 saturated carbocycles. The molecule has 1 rings (SSSR count). The van der Waals surface area contributed by atoms with Gasteiger partial charge in [-0.2, -0.15) is 0 Å². The average molecular weight is 134 g/mol. The highest BCUT2D eigenvalue weighted by Crippen LogP contribution is 2.12. The molecule has 10 heavy (non-hydrogen) atoms. The zero-order valence-corrected chi connectivity index (χ0v) is 6.68. The molecule has 1 radical (unpaired) electrons. The van der Waals surface area contributed by atoms with Crippen molar-refractivity contribution in [1.82, 2.24) is 4.98 Å². The van der Waals surface area contributed by atoms with Crippen LogP contribution in [0.1, 0.15) is 30.9 Å². The summed E-state index contributed by atoms with van der Waals surface area (Å²) in [6.07, 6.45) is 4.75. The number of hydrogen-bond donors (Lipinski definition) is 0. The van der Waals surface area contributed by atoms with Crippen LogP contribution in [0, 0.1) is 13.1 Å². The molecule has 0 aromatic carbocycles. The summed E-state index contributed by atoms with van der Waals surface area (Å²) >= 11 is 0. The minimum absolute atomic E-state index is 0.570. The number of aryl methyl sites for hydroxylation is 1. The Morgan fingerprint density at radius 3 is 2.60 bits per heavy atom. The fourth-order valence-corrected chi connectivity index (χ4v) is 0.844. The molecule has 0 aliphatic carbocycles. The SMILES string of the molecule is Cc1[c]ncc(C(C)C)c1. The van der Waals surface area contributed by atoms with Crippen LogP contribution in [0.3, 0.4) is 0 Å². The van der Waals surface area contributed by atoms with Crippen molar-refractivity contribution in [3.63, 3.8) is 0 Å². The number of rotatable bonds is 1. The lowest BCUT2D eigenvalue weighted by atomic mass is 10.0. The maximum absolute atomic E-state index is 3.98. The number of pyridine rings is 1. The van der Waals surface area contributed by atoms with Gasteiger partial charge in [0.05, 0.1) is 6.20 Å². The minimum atomic E-state index is 0.570. The molecule has 1 aromatic rings. The van der Waals surface area contributed by atoms with Crippen LogP contribution in [0.25, 0.3) is 0 Å². The molecule has 0 aliphatic rings. The number of aromatic nitrogens is 1. The van der Waals surface area contributed by atoms with Crippen molar-refractivity contribution in [2.24, 2.45) is 0 Å². The topological polar surface area (TPSA) is 12.9 Å². The molecule has 1 heteroatoms. The van der Waals surface area contributed by atoms with E-state index in [4.69, 9.17) is 0 Å². The normalized spacial score (nSPS) is 10.4. The van der Waals surface area contributed by atoms with E-state index in [1.807, 2.05) is 13.1 Å². The molecule has 0 amide bonds. The predicted molar refractivity (Wildman–Crippen MR) is 41.9 cm³/mol. The molecular formula is C9H12N. The third-order valence-electron chi connectivity index (χ3n) is 1.50. The Balaban J connectivity index is 2.96. The lowest BCUT2D eigenvalue weighted by Gasteiger charge is -2.03. The molecule has 1 nitrogen and oxygen atoms in total. The smallest absolute Gasteiger partial charge is 0.0918 e. The lowest BCUT2D eigenvalue weighted by Crippen LogP contribution is -1.89. The third-order valence-corrected chi connectivity index (χ3v) is 1.50. The van der Waals surface area contributed by atoms with Gasteiger partial charge in [0.15, 0.2) is 0 Å². The third kappa shape index (κ3) is 1.56. The van der Waals surface area contributed by atoms with Crippen LogP contribution in [0.4, 0.5) is 0 Å². The Hall–Kier alpha value is -0.850. The van der Waals surface area contributed by atoms with Crippen molar-refractivity contribution in [2.45, 2.75) is 26.7 Å². The second-order valence-corrected chi connectivity index (χ2v) is 2.85. The number of hydrogen-bond acceptors (Lipinski definition) is 1. The van der Waals surface area contributed by atoms with Crippen LogP contribution in [-0.2, 0) is 0 Å². The van der Waals surface area contributed by atoms with E-state index in [-0.39, 0.29) is 0 Å². The fraction of sp³-hybridized carbons (Fsp3) is 0.444. The van der Waals surface area contributed by atoms with Gasteiger partial charge in [-0.25, -0.2) is 0 Å². The number of nitrogens with zero attached hydrogens (tertiary/aromatic N) is 1. The average Bonchev–Trinajstić information content (AvgIpc) is 1.88. The monoisotopic (exact) mass is 134 g/mol. The molecule has 0 N–H and O–H groups in total. The van der Waals surface area contributed by atoms with Crippen molar-refractivity contribution in [3.05, 3.63) is 29.6 Å². The van der Waals surface area contributed by atoms with E-state index in [0.29, 0.717) is 5.92 Å². The minimum Gasteiger partial charge on any atom is -0.254 e.